The molecule has 0 aliphatic rings. The Morgan fingerprint density at radius 2 is 1.00 bits per heavy atom. The minimum Gasteiger partial charge on any atom is -0.292 e. The van der Waals surface area contributed by atoms with E-state index < -0.39 is 9.75 Å². The van der Waals surface area contributed by atoms with Gasteiger partial charge in [-0.25, -0.2) is 0 Å². The van der Waals surface area contributed by atoms with E-state index >= 15 is 0 Å². The van der Waals surface area contributed by atoms with Gasteiger partial charge in [0.15, 0.2) is 11.6 Å². The second kappa shape index (κ2) is 7.84. The van der Waals surface area contributed by atoms with E-state index in [0.29, 0.717) is 11.1 Å². The normalized spacial score (nSPS) is 12.3. The predicted molar refractivity (Wildman–Crippen MR) is 112 cm³/mol. The van der Waals surface area contributed by atoms with Crippen molar-refractivity contribution in [1.82, 2.24) is 0 Å². The summed E-state index contributed by atoms with van der Waals surface area (Å²) < 4.78 is 0. The lowest BCUT2D eigenvalue weighted by atomic mass is 9.96. The fraction of sp³-hybridized carbons (Fsp3) is 0.333. The van der Waals surface area contributed by atoms with E-state index in [0.717, 1.165) is 11.1 Å². The lowest BCUT2D eigenvalue weighted by Crippen LogP contribution is -2.24. The highest BCUT2D eigenvalue weighted by atomic mass is 79.9. The van der Waals surface area contributed by atoms with Crippen molar-refractivity contribution in [2.75, 3.05) is 0 Å². The van der Waals surface area contributed by atoms with Gasteiger partial charge in [-0.1, -0.05) is 64.5 Å². The molecule has 0 N–H and O–H groups in total. The van der Waals surface area contributed by atoms with Crippen LogP contribution in [-0.2, 0) is 0 Å². The first-order chi connectivity index (χ1) is 11.9. The van der Waals surface area contributed by atoms with Gasteiger partial charge in [-0.2, -0.15) is 0 Å². The van der Waals surface area contributed by atoms with E-state index in [1.165, 1.54) is 0 Å². The van der Waals surface area contributed by atoms with E-state index in [1.807, 2.05) is 24.3 Å². The highest BCUT2D eigenvalue weighted by Crippen LogP contribution is 2.32. The minimum atomic E-state index is -0.923. The van der Waals surface area contributed by atoms with Gasteiger partial charge in [0.25, 0.3) is 0 Å². The van der Waals surface area contributed by atoms with Crippen molar-refractivity contribution in [1.29, 1.82) is 0 Å². The summed E-state index contributed by atoms with van der Waals surface area (Å²) in [6, 6.07) is 14.7. The van der Waals surface area contributed by atoms with Crippen molar-refractivity contribution in [2.45, 2.75) is 42.3 Å². The average Bonchev–Trinajstić information content (AvgIpc) is 2.58. The lowest BCUT2D eigenvalue weighted by molar-refractivity contribution is 0.0947. The molecule has 0 aliphatic carbocycles. The Morgan fingerprint density at radius 1 is 0.731 bits per heavy atom. The van der Waals surface area contributed by atoms with Crippen LogP contribution in [0.15, 0.2) is 48.5 Å². The van der Waals surface area contributed by atoms with Crippen LogP contribution in [0.25, 0.3) is 0 Å². The Labute approximate surface area is 173 Å². The van der Waals surface area contributed by atoms with Gasteiger partial charge < -0.3 is 0 Å². The SMILES string of the molecule is CC(C)(Cl)C(=O)c1ccc(C(Br)c2ccc(C(=O)C(C)(C)Cl)cc2)cc1. The van der Waals surface area contributed by atoms with Crippen LogP contribution in [0.5, 0.6) is 0 Å². The molecule has 0 heterocycles. The molecule has 0 spiro atoms. The number of carbonyl (C=O) groups is 2. The van der Waals surface area contributed by atoms with Gasteiger partial charge in [0, 0.05) is 11.1 Å². The molecule has 26 heavy (non-hydrogen) atoms. The molecule has 0 radical (unpaired) electrons. The third-order valence-corrected chi connectivity index (χ3v) is 5.41. The van der Waals surface area contributed by atoms with Crippen molar-refractivity contribution < 1.29 is 9.59 Å². The summed E-state index contributed by atoms with van der Waals surface area (Å²) >= 11 is 15.9. The first-order valence-corrected chi connectivity index (χ1v) is 9.90. The fourth-order valence-electron chi connectivity index (χ4n) is 2.49. The Bertz CT molecular complexity index is 728. The van der Waals surface area contributed by atoms with Gasteiger partial charge in [-0.3, -0.25) is 9.59 Å². The molecule has 0 amide bonds. The summed E-state index contributed by atoms with van der Waals surface area (Å²) in [5.74, 6) is -0.216. The Morgan fingerprint density at radius 3 is 1.23 bits per heavy atom. The second-order valence-corrected chi connectivity index (χ2v) is 10.0. The van der Waals surface area contributed by atoms with Gasteiger partial charge in [0.1, 0.15) is 9.75 Å². The highest BCUT2D eigenvalue weighted by molar-refractivity contribution is 9.09. The van der Waals surface area contributed by atoms with Crippen LogP contribution >= 0.6 is 39.1 Å². The summed E-state index contributed by atoms with van der Waals surface area (Å²) in [5.41, 5.74) is 3.17. The molecule has 0 aliphatic heterocycles. The lowest BCUT2D eigenvalue weighted by Gasteiger charge is -2.16. The summed E-state index contributed by atoms with van der Waals surface area (Å²) in [6.07, 6.45) is 0. The van der Waals surface area contributed by atoms with E-state index in [9.17, 15) is 9.59 Å². The average molecular weight is 456 g/mol. The summed E-state index contributed by atoms with van der Waals surface area (Å²) in [4.78, 5) is 22.5. The summed E-state index contributed by atoms with van der Waals surface area (Å²) in [7, 11) is 0. The number of alkyl halides is 3. The van der Waals surface area contributed by atoms with Gasteiger partial charge in [-0.15, -0.1) is 23.2 Å². The van der Waals surface area contributed by atoms with Crippen molar-refractivity contribution in [3.05, 3.63) is 70.8 Å². The molecule has 0 aromatic heterocycles. The number of rotatable bonds is 6. The smallest absolute Gasteiger partial charge is 0.183 e. The van der Waals surface area contributed by atoms with Crippen LogP contribution in [0.3, 0.4) is 0 Å². The molecule has 5 heteroatoms. The van der Waals surface area contributed by atoms with Crippen molar-refractivity contribution in [3.63, 3.8) is 0 Å². The molecule has 2 nitrogen and oxygen atoms in total. The molecule has 138 valence electrons. The second-order valence-electron chi connectivity index (χ2n) is 7.21. The first-order valence-electron chi connectivity index (χ1n) is 8.22. The number of benzene rings is 2. The third kappa shape index (κ3) is 4.97. The third-order valence-electron chi connectivity index (χ3n) is 4.01. The molecule has 0 fully saturated rings. The van der Waals surface area contributed by atoms with Crippen LogP contribution < -0.4 is 0 Å². The largest absolute Gasteiger partial charge is 0.292 e. The molecule has 0 bridgehead atoms. The number of carbonyl (C=O) groups excluding carboxylic acids is 2. The fourth-order valence-corrected chi connectivity index (χ4v) is 3.31. The first kappa shape index (κ1) is 21.1. The zero-order valence-electron chi connectivity index (χ0n) is 15.1. The van der Waals surface area contributed by atoms with Gasteiger partial charge in [0.05, 0.1) is 4.83 Å². The molecular weight excluding hydrogens is 435 g/mol. The van der Waals surface area contributed by atoms with E-state index in [4.69, 9.17) is 23.2 Å². The van der Waals surface area contributed by atoms with Crippen molar-refractivity contribution in [3.8, 4) is 0 Å². The van der Waals surface area contributed by atoms with Crippen LogP contribution in [0.1, 0.15) is 64.4 Å². The Balaban J connectivity index is 2.20. The molecule has 2 rings (SSSR count). The maximum atomic E-state index is 12.2. The van der Waals surface area contributed by atoms with Crippen LogP contribution in [0, 0.1) is 0 Å². The molecule has 0 unspecified atom stereocenters. The van der Waals surface area contributed by atoms with Crippen LogP contribution in [-0.4, -0.2) is 21.3 Å². The number of hydrogen-bond donors (Lipinski definition) is 0. The van der Waals surface area contributed by atoms with Gasteiger partial charge in [0.2, 0.25) is 0 Å². The molecule has 0 saturated heterocycles. The van der Waals surface area contributed by atoms with Crippen molar-refractivity contribution >= 4 is 50.7 Å². The monoisotopic (exact) mass is 454 g/mol. The zero-order valence-corrected chi connectivity index (χ0v) is 18.2. The summed E-state index contributed by atoms with van der Waals surface area (Å²) in [6.45, 7) is 6.73. The standard InChI is InChI=1S/C21H21BrCl2O2/c1-20(2,23)18(25)15-9-5-13(6-10-15)17(22)14-7-11-16(12-8-14)19(26)21(3,4)24/h5-12,17H,1-4H3. The topological polar surface area (TPSA) is 34.1 Å². The predicted octanol–water partition coefficient (Wildman–Crippen LogP) is 6.57. The molecule has 2 aromatic rings. The molecule has 0 saturated carbocycles. The van der Waals surface area contributed by atoms with E-state index in [2.05, 4.69) is 15.9 Å². The quantitative estimate of drug-likeness (QED) is 0.364. The maximum absolute atomic E-state index is 12.2. The number of ketones is 2. The van der Waals surface area contributed by atoms with Gasteiger partial charge in [-0.05, 0) is 38.8 Å². The van der Waals surface area contributed by atoms with Crippen LogP contribution in [0.2, 0.25) is 0 Å². The summed E-state index contributed by atoms with van der Waals surface area (Å²) in [5, 5.41) is 0. The maximum Gasteiger partial charge on any atom is 0.183 e. The molecular formula is C21H21BrCl2O2. The van der Waals surface area contributed by atoms with Crippen LogP contribution in [0.4, 0.5) is 0 Å². The number of Topliss-reactive ketones (excluding diaryl/α,β-unsaturated/α-hetero) is 2. The van der Waals surface area contributed by atoms with Gasteiger partial charge >= 0.3 is 0 Å². The Kier molecular flexibility index (Phi) is 6.37. The molecule has 0 atom stereocenters. The highest BCUT2D eigenvalue weighted by Gasteiger charge is 2.26. The number of hydrogen-bond acceptors (Lipinski definition) is 2. The Hall–Kier alpha value is -1.16. The zero-order chi connectivity index (χ0) is 19.7. The van der Waals surface area contributed by atoms with Crippen molar-refractivity contribution in [2.24, 2.45) is 0 Å². The van der Waals surface area contributed by atoms with E-state index in [1.54, 1.807) is 52.0 Å². The van der Waals surface area contributed by atoms with E-state index in [-0.39, 0.29) is 16.4 Å². The minimum absolute atomic E-state index is 0.0520. The molecule has 2 aromatic carbocycles. The number of halogens is 3.